The van der Waals surface area contributed by atoms with Crippen LogP contribution in [0.1, 0.15) is 46.5 Å². The molecule has 0 bridgehead atoms. The van der Waals surface area contributed by atoms with Crippen LogP contribution in [0.2, 0.25) is 45.3 Å². The Labute approximate surface area is 198 Å². The molecule has 0 saturated carbocycles. The minimum Gasteiger partial charge on any atom is -0.436 e. The Morgan fingerprint density at radius 3 is 2.16 bits per heavy atom. The van der Waals surface area contributed by atoms with E-state index >= 15 is 0 Å². The fraction of sp³-hybridized carbons (Fsp3) is 0.739. The molecule has 1 heterocycles. The van der Waals surface area contributed by atoms with Gasteiger partial charge in [-0.25, -0.2) is 4.35 Å². The standard InChI is InChI=1S/C23H45N3O3Si3/c1-10-23(11-2,12-3)20-27-18-15-19-30(4,5)28-32(8,9)29-31(6,7)26-22-17-14-13-16-21(22)24-25-26/h13-14,16-17H,10-12,15,18-20H2,1-9H3. The Hall–Kier alpha value is -0.849. The highest BCUT2D eigenvalue weighted by molar-refractivity contribution is 6.87. The van der Waals surface area contributed by atoms with Crippen molar-refractivity contribution >= 4 is 36.4 Å². The second-order valence-corrected chi connectivity index (χ2v) is 22.3. The first-order valence-corrected chi connectivity index (χ1v) is 21.0. The van der Waals surface area contributed by atoms with E-state index in [0.717, 1.165) is 36.7 Å². The third kappa shape index (κ3) is 7.33. The maximum Gasteiger partial charge on any atom is 0.312 e. The number of ether oxygens (including phenoxy) is 1. The molecule has 0 aliphatic rings. The first-order valence-electron chi connectivity index (χ1n) is 12.2. The molecule has 182 valence electrons. The van der Waals surface area contributed by atoms with E-state index < -0.39 is 25.4 Å². The van der Waals surface area contributed by atoms with Gasteiger partial charge in [0.2, 0.25) is 0 Å². The molecule has 0 unspecified atom stereocenters. The van der Waals surface area contributed by atoms with Crippen LogP contribution in [0.15, 0.2) is 24.3 Å². The topological polar surface area (TPSA) is 58.4 Å². The lowest BCUT2D eigenvalue weighted by atomic mass is 9.81. The van der Waals surface area contributed by atoms with Crippen LogP contribution in [-0.2, 0) is 13.0 Å². The fourth-order valence-corrected chi connectivity index (χ4v) is 18.0. The fourth-order valence-electron chi connectivity index (χ4n) is 4.59. The van der Waals surface area contributed by atoms with Gasteiger partial charge in [-0.2, -0.15) is 0 Å². The van der Waals surface area contributed by atoms with Gasteiger partial charge in [0.25, 0.3) is 0 Å². The van der Waals surface area contributed by atoms with Gasteiger partial charge in [0.1, 0.15) is 5.52 Å². The van der Waals surface area contributed by atoms with Crippen LogP contribution in [0, 0.1) is 5.41 Å². The third-order valence-electron chi connectivity index (χ3n) is 6.61. The summed E-state index contributed by atoms with van der Waals surface area (Å²) in [6.45, 7) is 21.8. The highest BCUT2D eigenvalue weighted by atomic mass is 28.5. The maximum absolute atomic E-state index is 6.76. The van der Waals surface area contributed by atoms with Crippen molar-refractivity contribution in [2.75, 3.05) is 13.2 Å². The number of benzene rings is 1. The molecule has 32 heavy (non-hydrogen) atoms. The quantitative estimate of drug-likeness (QED) is 0.220. The van der Waals surface area contributed by atoms with Gasteiger partial charge in [0, 0.05) is 6.61 Å². The van der Waals surface area contributed by atoms with Gasteiger partial charge in [-0.05, 0) is 88.6 Å². The lowest BCUT2D eigenvalue weighted by molar-refractivity contribution is 0.0353. The molecule has 2 rings (SSSR count). The van der Waals surface area contributed by atoms with Crippen molar-refractivity contribution in [1.29, 1.82) is 0 Å². The van der Waals surface area contributed by atoms with E-state index in [1.165, 1.54) is 19.3 Å². The second kappa shape index (κ2) is 11.1. The molecule has 0 saturated heterocycles. The van der Waals surface area contributed by atoms with E-state index in [-0.39, 0.29) is 0 Å². The zero-order chi connectivity index (χ0) is 24.0. The van der Waals surface area contributed by atoms with Crippen molar-refractivity contribution in [3.05, 3.63) is 24.3 Å². The Balaban J connectivity index is 1.90. The zero-order valence-electron chi connectivity index (χ0n) is 21.8. The lowest BCUT2D eigenvalue weighted by Crippen LogP contribution is -2.55. The van der Waals surface area contributed by atoms with Crippen molar-refractivity contribution in [2.45, 2.75) is 91.8 Å². The van der Waals surface area contributed by atoms with Gasteiger partial charge < -0.3 is 13.0 Å². The monoisotopic (exact) mass is 495 g/mol. The smallest absolute Gasteiger partial charge is 0.312 e. The van der Waals surface area contributed by atoms with Crippen molar-refractivity contribution in [1.82, 2.24) is 14.7 Å². The van der Waals surface area contributed by atoms with Gasteiger partial charge >= 0.3 is 17.0 Å². The molecule has 0 aliphatic heterocycles. The molecule has 1 aromatic carbocycles. The highest BCUT2D eigenvalue weighted by Crippen LogP contribution is 2.31. The molecule has 9 heteroatoms. The molecule has 2 aromatic rings. The number of aromatic nitrogens is 3. The summed E-state index contributed by atoms with van der Waals surface area (Å²) in [5, 5.41) is 8.74. The number of hydrogen-bond donors (Lipinski definition) is 0. The van der Waals surface area contributed by atoms with Gasteiger partial charge in [-0.15, -0.1) is 5.10 Å². The van der Waals surface area contributed by atoms with Crippen LogP contribution in [0.5, 0.6) is 0 Å². The SMILES string of the molecule is CCC(CC)(CC)COCCC[Si](C)(C)O[Si](C)(C)O[Si](C)(C)n1nnc2ccccc21. The predicted molar refractivity (Wildman–Crippen MR) is 141 cm³/mol. The van der Waals surface area contributed by atoms with Crippen molar-refractivity contribution in [2.24, 2.45) is 5.41 Å². The molecule has 0 N–H and O–H groups in total. The average Bonchev–Trinajstić information content (AvgIpc) is 3.14. The highest BCUT2D eigenvalue weighted by Gasteiger charge is 2.42. The number of nitrogens with zero attached hydrogens (tertiary/aromatic N) is 3. The summed E-state index contributed by atoms with van der Waals surface area (Å²) in [7, 11) is -6.53. The molecule has 0 fully saturated rings. The summed E-state index contributed by atoms with van der Waals surface area (Å²) in [6.07, 6.45) is 4.59. The summed E-state index contributed by atoms with van der Waals surface area (Å²) in [6, 6.07) is 9.15. The van der Waals surface area contributed by atoms with Crippen molar-refractivity contribution in [3.63, 3.8) is 0 Å². The first kappa shape index (κ1) is 27.4. The molecule has 0 amide bonds. The van der Waals surface area contributed by atoms with Gasteiger partial charge in [-0.3, -0.25) is 0 Å². The summed E-state index contributed by atoms with van der Waals surface area (Å²) >= 11 is 0. The van der Waals surface area contributed by atoms with E-state index in [9.17, 15) is 0 Å². The first-order chi connectivity index (χ1) is 14.9. The van der Waals surface area contributed by atoms with E-state index in [0.29, 0.717) is 5.41 Å². The summed E-state index contributed by atoms with van der Waals surface area (Å²) < 4.78 is 21.6. The van der Waals surface area contributed by atoms with Crippen molar-refractivity contribution in [3.8, 4) is 0 Å². The minimum atomic E-state index is -2.34. The average molecular weight is 496 g/mol. The Bertz CT molecular complexity index is 843. The normalized spacial score (nSPS) is 13.8. The van der Waals surface area contributed by atoms with E-state index in [1.807, 2.05) is 22.5 Å². The van der Waals surface area contributed by atoms with E-state index in [4.69, 9.17) is 13.0 Å². The molecular weight excluding hydrogens is 451 g/mol. The van der Waals surface area contributed by atoms with Crippen molar-refractivity contribution < 1.29 is 13.0 Å². The lowest BCUT2D eigenvalue weighted by Gasteiger charge is -2.38. The molecule has 0 spiro atoms. The van der Waals surface area contributed by atoms with E-state index in [1.54, 1.807) is 0 Å². The molecule has 0 aliphatic carbocycles. The summed E-state index contributed by atoms with van der Waals surface area (Å²) in [5.74, 6) is 0. The van der Waals surface area contributed by atoms with Crippen LogP contribution in [-0.4, -0.2) is 53.2 Å². The van der Waals surface area contributed by atoms with E-state index in [2.05, 4.69) is 76.4 Å². The van der Waals surface area contributed by atoms with Gasteiger partial charge in [-0.1, -0.05) is 38.1 Å². The minimum absolute atomic E-state index is 0.341. The third-order valence-corrected chi connectivity index (χ3v) is 17.7. The Kier molecular flexibility index (Phi) is 9.46. The van der Waals surface area contributed by atoms with Gasteiger partial charge in [0.15, 0.2) is 8.32 Å². The van der Waals surface area contributed by atoms with Gasteiger partial charge in [0.05, 0.1) is 12.1 Å². The summed E-state index contributed by atoms with van der Waals surface area (Å²) in [4.78, 5) is 0. The van der Waals surface area contributed by atoms with Crippen LogP contribution in [0.4, 0.5) is 0 Å². The maximum atomic E-state index is 6.76. The number of para-hydroxylation sites is 1. The van der Waals surface area contributed by atoms with Crippen LogP contribution in [0.3, 0.4) is 0 Å². The summed E-state index contributed by atoms with van der Waals surface area (Å²) in [5.41, 5.74) is 2.28. The predicted octanol–water partition coefficient (Wildman–Crippen LogP) is 6.54. The second-order valence-electron chi connectivity index (χ2n) is 10.5. The Morgan fingerprint density at radius 1 is 0.906 bits per heavy atom. The molecular formula is C23H45N3O3Si3. The molecule has 0 atom stereocenters. The molecule has 1 aromatic heterocycles. The zero-order valence-corrected chi connectivity index (χ0v) is 24.8. The Morgan fingerprint density at radius 2 is 1.53 bits per heavy atom. The van der Waals surface area contributed by atoms with Crippen LogP contribution in [0.25, 0.3) is 11.0 Å². The number of fused-ring (bicyclic) bond motifs is 1. The number of rotatable bonds is 14. The van der Waals surface area contributed by atoms with Crippen LogP contribution >= 0.6 is 0 Å². The van der Waals surface area contributed by atoms with Crippen LogP contribution < -0.4 is 0 Å². The largest absolute Gasteiger partial charge is 0.436 e. The number of hydrogen-bond acceptors (Lipinski definition) is 5. The molecule has 0 radical (unpaired) electrons. The molecule has 6 nitrogen and oxygen atoms in total.